The van der Waals surface area contributed by atoms with Crippen molar-refractivity contribution in [2.45, 2.75) is 25.5 Å². The molecule has 0 saturated carbocycles. The van der Waals surface area contributed by atoms with Crippen LogP contribution < -0.4 is 0 Å². The van der Waals surface area contributed by atoms with E-state index < -0.39 is 0 Å². The van der Waals surface area contributed by atoms with Gasteiger partial charge in [0.15, 0.2) is 0 Å². The van der Waals surface area contributed by atoms with E-state index in [1.165, 1.54) is 0 Å². The predicted octanol–water partition coefficient (Wildman–Crippen LogP) is 1.50. The molecule has 0 bridgehead atoms. The molecule has 1 heterocycles. The second-order valence-corrected chi connectivity index (χ2v) is 5.14. The summed E-state index contributed by atoms with van der Waals surface area (Å²) in [6.45, 7) is 1.50. The van der Waals surface area contributed by atoms with Gasteiger partial charge in [-0.25, -0.2) is 0 Å². The Morgan fingerprint density at radius 3 is 2.94 bits per heavy atom. The van der Waals surface area contributed by atoms with Gasteiger partial charge in [0.1, 0.15) is 0 Å². The molecule has 3 nitrogen and oxygen atoms in total. The van der Waals surface area contributed by atoms with Crippen molar-refractivity contribution in [3.8, 4) is 0 Å². The zero-order valence-corrected chi connectivity index (χ0v) is 12.0. The summed E-state index contributed by atoms with van der Waals surface area (Å²) in [4.78, 5) is 13.0. The molecule has 1 unspecified atom stereocenters. The second kappa shape index (κ2) is 6.30. The van der Waals surface area contributed by atoms with E-state index in [0.29, 0.717) is 6.61 Å². The van der Waals surface area contributed by atoms with E-state index in [9.17, 15) is 4.79 Å². The van der Waals surface area contributed by atoms with Gasteiger partial charge in [-0.15, -0.1) is 0 Å². The van der Waals surface area contributed by atoms with Crippen molar-refractivity contribution in [2.24, 2.45) is 0 Å². The molecule has 17 heavy (non-hydrogen) atoms. The van der Waals surface area contributed by atoms with Crippen LogP contribution in [0.1, 0.15) is 18.4 Å². The molecule has 0 amide bonds. The average Bonchev–Trinajstić information content (AvgIpc) is 2.85. The summed E-state index contributed by atoms with van der Waals surface area (Å²) in [5.41, 5.74) is 1.15. The minimum absolute atomic E-state index is 0.0123. The predicted molar refractivity (Wildman–Crippen MR) is 62.0 cm³/mol. The zero-order valence-electron chi connectivity index (χ0n) is 9.49. The summed E-state index contributed by atoms with van der Waals surface area (Å²) in [6.07, 6.45) is 3.03. The number of carbonyl (C=O) groups is 1. The number of hydrogen-bond acceptors (Lipinski definition) is 3. The van der Waals surface area contributed by atoms with E-state index in [2.05, 4.69) is 4.90 Å². The molecule has 1 aliphatic heterocycles. The topological polar surface area (TPSA) is 29.5 Å². The molecule has 4 heteroatoms. The SMILES string of the molecule is O=CC1CCCN1[C](=[Os])OCc1ccccc1. The molecule has 1 aromatic rings. The molecule has 1 fully saturated rings. The van der Waals surface area contributed by atoms with E-state index in [4.69, 9.17) is 4.74 Å². The van der Waals surface area contributed by atoms with Crippen LogP contribution in [-0.4, -0.2) is 28.1 Å². The normalized spacial score (nSPS) is 20.4. The first kappa shape index (κ1) is 12.8. The Morgan fingerprint density at radius 2 is 2.24 bits per heavy atom. The van der Waals surface area contributed by atoms with Crippen LogP contribution in [0.25, 0.3) is 0 Å². The summed E-state index contributed by atoms with van der Waals surface area (Å²) in [7, 11) is 0. The first-order valence-electron chi connectivity index (χ1n) is 5.71. The van der Waals surface area contributed by atoms with Crippen LogP contribution in [0.2, 0.25) is 0 Å². The summed E-state index contributed by atoms with van der Waals surface area (Å²) in [5, 5.41) is 0. The van der Waals surface area contributed by atoms with Gasteiger partial charge in [0.2, 0.25) is 0 Å². The van der Waals surface area contributed by atoms with E-state index in [0.717, 1.165) is 35.6 Å². The monoisotopic (exact) mass is 409 g/mol. The van der Waals surface area contributed by atoms with Crippen LogP contribution in [0.4, 0.5) is 0 Å². The maximum absolute atomic E-state index is 10.9. The van der Waals surface area contributed by atoms with Gasteiger partial charge >= 0.3 is 111 Å². The van der Waals surface area contributed by atoms with Gasteiger partial charge < -0.3 is 0 Å². The van der Waals surface area contributed by atoms with Crippen molar-refractivity contribution in [3.05, 3.63) is 35.9 Å². The first-order chi connectivity index (χ1) is 8.31. The van der Waals surface area contributed by atoms with Gasteiger partial charge in [0, 0.05) is 0 Å². The maximum atomic E-state index is 10.9. The van der Waals surface area contributed by atoms with Crippen LogP contribution >= 0.6 is 0 Å². The molecule has 0 radical (unpaired) electrons. The van der Waals surface area contributed by atoms with Crippen LogP contribution in [-0.2, 0) is 34.3 Å². The summed E-state index contributed by atoms with van der Waals surface area (Å²) >= 11 is 1.72. The Morgan fingerprint density at radius 1 is 1.47 bits per heavy atom. The molecule has 0 N–H and O–H groups in total. The summed E-state index contributed by atoms with van der Waals surface area (Å²) in [5.74, 6) is 0. The molecule has 1 aliphatic rings. The molecule has 92 valence electrons. The summed E-state index contributed by atoms with van der Waals surface area (Å²) < 4.78 is 6.62. The molecular weight excluding hydrogens is 392 g/mol. The second-order valence-electron chi connectivity index (χ2n) is 4.06. The third-order valence-corrected chi connectivity index (χ3v) is 3.97. The van der Waals surface area contributed by atoms with Crippen LogP contribution in [0, 0.1) is 0 Å². The molecule has 0 spiro atoms. The van der Waals surface area contributed by atoms with Gasteiger partial charge in [0.05, 0.1) is 0 Å². The number of carbonyl (C=O) groups excluding carboxylic acids is 1. The third-order valence-electron chi connectivity index (χ3n) is 2.87. The Kier molecular flexibility index (Phi) is 4.73. The molecule has 0 aromatic heterocycles. The van der Waals surface area contributed by atoms with Gasteiger partial charge in [-0.3, -0.25) is 0 Å². The van der Waals surface area contributed by atoms with E-state index >= 15 is 0 Å². The fourth-order valence-corrected chi connectivity index (χ4v) is 2.83. The number of likely N-dealkylation sites (tertiary alicyclic amines) is 1. The molecule has 2 rings (SSSR count). The van der Waals surface area contributed by atoms with Gasteiger partial charge in [-0.05, 0) is 0 Å². The fraction of sp³-hybridized carbons (Fsp3) is 0.385. The Balaban J connectivity index is 1.87. The van der Waals surface area contributed by atoms with Crippen molar-refractivity contribution in [1.82, 2.24) is 4.90 Å². The number of hydrogen-bond donors (Lipinski definition) is 0. The van der Waals surface area contributed by atoms with Crippen molar-refractivity contribution >= 4 is 10.7 Å². The first-order valence-corrected chi connectivity index (χ1v) is 6.98. The molecule has 1 aromatic carbocycles. The van der Waals surface area contributed by atoms with Crippen LogP contribution in [0.3, 0.4) is 0 Å². The van der Waals surface area contributed by atoms with Crippen molar-refractivity contribution in [2.75, 3.05) is 6.54 Å². The number of aldehydes is 1. The molecule has 1 saturated heterocycles. The standard InChI is InChI=1S/C13H15NO2.Os/c15-9-13-7-4-8-14(13)11-16-10-12-5-2-1-3-6-12;/h1-3,5-6,9,13H,4,7-8,10H2;. The van der Waals surface area contributed by atoms with Crippen LogP contribution in [0.5, 0.6) is 0 Å². The molecular formula is C13H15NO2Os. The van der Waals surface area contributed by atoms with Crippen molar-refractivity contribution in [3.63, 3.8) is 0 Å². The Hall–Kier alpha value is -0.684. The Bertz CT molecular complexity index is 394. The van der Waals surface area contributed by atoms with E-state index in [1.54, 1.807) is 18.1 Å². The number of ether oxygens (including phenoxy) is 1. The van der Waals surface area contributed by atoms with Crippen LogP contribution in [0.15, 0.2) is 30.3 Å². The van der Waals surface area contributed by atoms with Crippen molar-refractivity contribution in [1.29, 1.82) is 0 Å². The van der Waals surface area contributed by atoms with Crippen molar-refractivity contribution < 1.29 is 27.7 Å². The van der Waals surface area contributed by atoms with E-state index in [1.807, 2.05) is 30.3 Å². The number of benzene rings is 1. The number of nitrogens with zero attached hydrogens (tertiary/aromatic N) is 1. The minimum atomic E-state index is 0.0123. The zero-order chi connectivity index (χ0) is 12.1. The van der Waals surface area contributed by atoms with Gasteiger partial charge in [-0.2, -0.15) is 0 Å². The summed E-state index contributed by atoms with van der Waals surface area (Å²) in [6, 6.07) is 10.1. The fourth-order valence-electron chi connectivity index (χ4n) is 1.94. The molecule has 1 atom stereocenters. The number of rotatable bonds is 5. The average molecular weight is 407 g/mol. The van der Waals surface area contributed by atoms with Gasteiger partial charge in [-0.1, -0.05) is 0 Å². The molecule has 0 aliphatic carbocycles. The quantitative estimate of drug-likeness (QED) is 0.693. The van der Waals surface area contributed by atoms with E-state index in [-0.39, 0.29) is 6.04 Å². The van der Waals surface area contributed by atoms with Gasteiger partial charge in [0.25, 0.3) is 0 Å². The third kappa shape index (κ3) is 3.39. The Labute approximate surface area is 111 Å².